The monoisotopic (exact) mass is 200 g/mol. The summed E-state index contributed by atoms with van der Waals surface area (Å²) in [5.41, 5.74) is 1.25. The van der Waals surface area contributed by atoms with E-state index in [9.17, 15) is 0 Å². The zero-order chi connectivity index (χ0) is 7.40. The van der Waals surface area contributed by atoms with Crippen LogP contribution in [0.3, 0.4) is 0 Å². The van der Waals surface area contributed by atoms with Gasteiger partial charge in [0.2, 0.25) is 0 Å². The van der Waals surface area contributed by atoms with Crippen LogP contribution in [0.2, 0.25) is 0 Å². The van der Waals surface area contributed by atoms with Gasteiger partial charge in [-0.1, -0.05) is 0 Å². The third-order valence-corrected chi connectivity index (χ3v) is 2.35. The molecular weight excluding hydrogens is 192 g/mol. The Morgan fingerprint density at radius 1 is 1.50 bits per heavy atom. The molecule has 0 bridgehead atoms. The molecule has 0 radical (unpaired) electrons. The van der Waals surface area contributed by atoms with Gasteiger partial charge in [0.25, 0.3) is 0 Å². The van der Waals surface area contributed by atoms with Crippen molar-refractivity contribution in [2.45, 2.75) is 12.8 Å². The lowest BCUT2D eigenvalue weighted by Crippen LogP contribution is -2.23. The second kappa shape index (κ2) is 3.75. The first-order valence-corrected chi connectivity index (χ1v) is 4.12. The van der Waals surface area contributed by atoms with E-state index in [1.54, 1.807) is 0 Å². The van der Waals surface area contributed by atoms with Gasteiger partial charge in [0, 0.05) is 0 Å². The lowest BCUT2D eigenvalue weighted by Gasteiger charge is -2.14. The first-order chi connectivity index (χ1) is 4.84. The Kier molecular flexibility index (Phi) is 2.91. The highest BCUT2D eigenvalue weighted by atomic mass is 79.9. The van der Waals surface area contributed by atoms with Crippen LogP contribution in [0.1, 0.15) is 12.8 Å². The Labute approximate surface area is 69.0 Å². The molecule has 1 rings (SSSR count). The molecule has 1 saturated heterocycles. The summed E-state index contributed by atoms with van der Waals surface area (Å²) in [6.45, 7) is 2.01. The van der Waals surface area contributed by atoms with Gasteiger partial charge < -0.3 is 5.32 Å². The minimum atomic E-state index is 0.731. The first kappa shape index (κ1) is 7.77. The molecule has 2 nitrogen and oxygen atoms in total. The maximum Gasteiger partial charge on any atom is 0.107 e. The molecule has 10 heavy (non-hydrogen) atoms. The molecule has 1 aliphatic rings. The van der Waals surface area contributed by atoms with Crippen LogP contribution in [-0.4, -0.2) is 13.1 Å². The minimum Gasteiger partial charge on any atom is -0.316 e. The molecule has 0 amide bonds. The average Bonchev–Trinajstić information content (AvgIpc) is 2.05. The Balaban J connectivity index is 2.62. The molecule has 0 atom stereocenters. The second-order valence-electron chi connectivity index (χ2n) is 2.28. The van der Waals surface area contributed by atoms with Crippen LogP contribution in [0.25, 0.3) is 0 Å². The topological polar surface area (TPSA) is 35.8 Å². The van der Waals surface area contributed by atoms with Crippen molar-refractivity contribution in [1.82, 2.24) is 5.32 Å². The summed E-state index contributed by atoms with van der Waals surface area (Å²) in [6.07, 6.45) is 2.02. The summed E-state index contributed by atoms with van der Waals surface area (Å²) in [5, 5.41) is 11.7. The average molecular weight is 201 g/mol. The number of nitrogens with zero attached hydrogens (tertiary/aromatic N) is 1. The molecule has 1 fully saturated rings. The number of nitriles is 1. The second-order valence-corrected chi connectivity index (χ2v) is 3.07. The first-order valence-electron chi connectivity index (χ1n) is 3.33. The Hall–Kier alpha value is -0.330. The SMILES string of the molecule is N#CC(Br)=C1CCNCC1. The molecule has 3 heteroatoms. The van der Waals surface area contributed by atoms with Crippen LogP contribution < -0.4 is 5.32 Å². The van der Waals surface area contributed by atoms with Crippen LogP contribution in [0.4, 0.5) is 0 Å². The number of hydrogen-bond donors (Lipinski definition) is 1. The Morgan fingerprint density at radius 2 is 2.10 bits per heavy atom. The minimum absolute atomic E-state index is 0.731. The van der Waals surface area contributed by atoms with E-state index < -0.39 is 0 Å². The van der Waals surface area contributed by atoms with Gasteiger partial charge in [-0.15, -0.1) is 0 Å². The van der Waals surface area contributed by atoms with Crippen molar-refractivity contribution in [1.29, 1.82) is 5.26 Å². The van der Waals surface area contributed by atoms with Crippen LogP contribution in [0.5, 0.6) is 0 Å². The van der Waals surface area contributed by atoms with Crippen molar-refractivity contribution in [3.05, 3.63) is 10.1 Å². The van der Waals surface area contributed by atoms with Gasteiger partial charge in [0.15, 0.2) is 0 Å². The van der Waals surface area contributed by atoms with Crippen molar-refractivity contribution in [2.24, 2.45) is 0 Å². The third-order valence-electron chi connectivity index (χ3n) is 1.62. The molecule has 0 spiro atoms. The van der Waals surface area contributed by atoms with Crippen molar-refractivity contribution in [3.8, 4) is 6.07 Å². The fourth-order valence-electron chi connectivity index (χ4n) is 1.03. The predicted molar refractivity (Wildman–Crippen MR) is 43.7 cm³/mol. The fraction of sp³-hybridized carbons (Fsp3) is 0.571. The zero-order valence-corrected chi connectivity index (χ0v) is 7.24. The maximum atomic E-state index is 8.51. The summed E-state index contributed by atoms with van der Waals surface area (Å²) in [4.78, 5) is 0. The fourth-order valence-corrected chi connectivity index (χ4v) is 1.42. The number of nitrogens with one attached hydrogen (secondary N) is 1. The van der Waals surface area contributed by atoms with E-state index in [4.69, 9.17) is 5.26 Å². The largest absolute Gasteiger partial charge is 0.316 e. The highest BCUT2D eigenvalue weighted by Gasteiger charge is 2.07. The lowest BCUT2D eigenvalue weighted by molar-refractivity contribution is 0.609. The van der Waals surface area contributed by atoms with E-state index in [1.807, 2.05) is 0 Å². The van der Waals surface area contributed by atoms with Crippen LogP contribution in [0, 0.1) is 11.3 Å². The van der Waals surface area contributed by atoms with Crippen molar-refractivity contribution < 1.29 is 0 Å². The standard InChI is InChI=1S/C7H9BrN2/c8-7(5-9)6-1-3-10-4-2-6/h10H,1-4H2. The summed E-state index contributed by atoms with van der Waals surface area (Å²) in [7, 11) is 0. The van der Waals surface area contributed by atoms with Gasteiger partial charge in [-0.25, -0.2) is 0 Å². The van der Waals surface area contributed by atoms with Crippen molar-refractivity contribution >= 4 is 15.9 Å². The molecule has 1 aliphatic heterocycles. The number of allylic oxidation sites excluding steroid dienone is 1. The highest BCUT2D eigenvalue weighted by Crippen LogP contribution is 2.18. The molecule has 0 unspecified atom stereocenters. The normalized spacial score (nSPS) is 18.2. The molecule has 0 aromatic carbocycles. The molecule has 0 aliphatic carbocycles. The molecule has 0 aromatic rings. The number of hydrogen-bond acceptors (Lipinski definition) is 2. The molecule has 1 N–H and O–H groups in total. The molecular formula is C7H9BrN2. The molecule has 0 saturated carbocycles. The summed E-state index contributed by atoms with van der Waals surface area (Å²) in [6, 6.07) is 2.10. The Morgan fingerprint density at radius 3 is 2.60 bits per heavy atom. The summed E-state index contributed by atoms with van der Waals surface area (Å²) in [5.74, 6) is 0. The summed E-state index contributed by atoms with van der Waals surface area (Å²) >= 11 is 3.23. The quantitative estimate of drug-likeness (QED) is 0.603. The van der Waals surface area contributed by atoms with E-state index in [0.29, 0.717) is 0 Å². The Bertz CT molecular complexity index is 182. The van der Waals surface area contributed by atoms with Gasteiger partial charge in [-0.05, 0) is 47.4 Å². The number of rotatable bonds is 0. The maximum absolute atomic E-state index is 8.51. The van der Waals surface area contributed by atoms with Crippen LogP contribution >= 0.6 is 15.9 Å². The van der Waals surface area contributed by atoms with Crippen molar-refractivity contribution in [3.63, 3.8) is 0 Å². The molecule has 1 heterocycles. The molecule has 0 aromatic heterocycles. The summed E-state index contributed by atoms with van der Waals surface area (Å²) < 4.78 is 0.731. The number of piperidine rings is 1. The van der Waals surface area contributed by atoms with Gasteiger partial charge in [0.05, 0.1) is 4.48 Å². The van der Waals surface area contributed by atoms with Gasteiger partial charge >= 0.3 is 0 Å². The van der Waals surface area contributed by atoms with E-state index in [1.165, 1.54) is 5.57 Å². The van der Waals surface area contributed by atoms with E-state index in [0.717, 1.165) is 30.4 Å². The van der Waals surface area contributed by atoms with Crippen LogP contribution in [0.15, 0.2) is 10.1 Å². The van der Waals surface area contributed by atoms with E-state index >= 15 is 0 Å². The van der Waals surface area contributed by atoms with E-state index in [-0.39, 0.29) is 0 Å². The van der Waals surface area contributed by atoms with Gasteiger partial charge in [0.1, 0.15) is 6.07 Å². The molecule has 54 valence electrons. The highest BCUT2D eigenvalue weighted by molar-refractivity contribution is 9.12. The van der Waals surface area contributed by atoms with Crippen LogP contribution in [-0.2, 0) is 0 Å². The van der Waals surface area contributed by atoms with Gasteiger partial charge in [-0.3, -0.25) is 0 Å². The smallest absolute Gasteiger partial charge is 0.107 e. The van der Waals surface area contributed by atoms with Crippen molar-refractivity contribution in [2.75, 3.05) is 13.1 Å². The predicted octanol–water partition coefficient (Wildman–Crippen LogP) is 1.54. The third kappa shape index (κ3) is 1.83. The number of halogens is 1. The lowest BCUT2D eigenvalue weighted by atomic mass is 10.1. The van der Waals surface area contributed by atoms with E-state index in [2.05, 4.69) is 27.3 Å². The zero-order valence-electron chi connectivity index (χ0n) is 5.65. The van der Waals surface area contributed by atoms with Gasteiger partial charge in [-0.2, -0.15) is 5.26 Å².